The number of hydrogen-bond acceptors (Lipinski definition) is 8. The van der Waals surface area contributed by atoms with Gasteiger partial charge in [0.1, 0.15) is 24.9 Å². The molecule has 0 aromatic heterocycles. The topological polar surface area (TPSA) is 134 Å². The summed E-state index contributed by atoms with van der Waals surface area (Å²) >= 11 is 0. The lowest BCUT2D eigenvalue weighted by Gasteiger charge is -2.29. The molecule has 118 valence electrons. The Kier molecular flexibility index (Phi) is 9.06. The van der Waals surface area contributed by atoms with Crippen LogP contribution in [-0.4, -0.2) is 70.0 Å². The van der Waals surface area contributed by atoms with Gasteiger partial charge in [0.15, 0.2) is 6.10 Å². The van der Waals surface area contributed by atoms with Crippen molar-refractivity contribution in [2.24, 2.45) is 0 Å². The molecule has 0 aliphatic heterocycles. The highest BCUT2D eigenvalue weighted by atomic mass is 16.6. The number of aliphatic hydroxyl groups is 4. The van der Waals surface area contributed by atoms with Crippen molar-refractivity contribution < 1.29 is 39.5 Å². The third-order valence-corrected chi connectivity index (χ3v) is 2.56. The molecule has 0 aliphatic carbocycles. The molecule has 8 heteroatoms. The van der Waals surface area contributed by atoms with E-state index < -0.39 is 49.6 Å². The van der Waals surface area contributed by atoms with Gasteiger partial charge in [0.05, 0.1) is 6.61 Å². The summed E-state index contributed by atoms with van der Waals surface area (Å²) < 4.78 is 9.49. The molecule has 8 nitrogen and oxygen atoms in total. The Morgan fingerprint density at radius 3 is 2.00 bits per heavy atom. The molecule has 0 spiro atoms. The van der Waals surface area contributed by atoms with Gasteiger partial charge in [-0.25, -0.2) is 0 Å². The molecule has 0 rings (SSSR count). The number of rotatable bonds is 9. The molecule has 0 radical (unpaired) electrons. The molecular weight excluding hydrogens is 272 g/mol. The first kappa shape index (κ1) is 18.8. The van der Waals surface area contributed by atoms with Crippen molar-refractivity contribution in [1.82, 2.24) is 0 Å². The molecule has 0 amide bonds. The molecule has 0 saturated carbocycles. The quantitative estimate of drug-likeness (QED) is 0.371. The Bertz CT molecular complexity index is 306. The maximum absolute atomic E-state index is 11.2. The van der Waals surface area contributed by atoms with Crippen LogP contribution < -0.4 is 0 Å². The van der Waals surface area contributed by atoms with Crippen molar-refractivity contribution in [1.29, 1.82) is 0 Å². The van der Waals surface area contributed by atoms with Crippen molar-refractivity contribution in [3.05, 3.63) is 0 Å². The Morgan fingerprint density at radius 1 is 1.00 bits per heavy atom. The van der Waals surface area contributed by atoms with E-state index in [2.05, 4.69) is 4.74 Å². The lowest BCUT2D eigenvalue weighted by molar-refractivity contribution is -0.180. The van der Waals surface area contributed by atoms with E-state index in [0.717, 1.165) is 0 Å². The van der Waals surface area contributed by atoms with Crippen LogP contribution in [0.4, 0.5) is 0 Å². The fourth-order valence-corrected chi connectivity index (χ4v) is 1.31. The number of hydrogen-bond donors (Lipinski definition) is 4. The molecule has 0 fully saturated rings. The van der Waals surface area contributed by atoms with Crippen LogP contribution in [0.2, 0.25) is 0 Å². The molecular formula is C12H22O8. The number of ether oxygens (including phenoxy) is 2. The Labute approximate surface area is 116 Å². The first-order valence-corrected chi connectivity index (χ1v) is 6.37. The van der Waals surface area contributed by atoms with Gasteiger partial charge in [-0.05, 0) is 0 Å². The fourth-order valence-electron chi connectivity index (χ4n) is 1.31. The van der Waals surface area contributed by atoms with E-state index in [1.165, 1.54) is 6.92 Å². The predicted molar refractivity (Wildman–Crippen MR) is 66.5 cm³/mol. The second-order valence-corrected chi connectivity index (χ2v) is 4.15. The van der Waals surface area contributed by atoms with E-state index >= 15 is 0 Å². The van der Waals surface area contributed by atoms with Gasteiger partial charge in [-0.3, -0.25) is 9.59 Å². The molecule has 4 N–H and O–H groups in total. The van der Waals surface area contributed by atoms with Gasteiger partial charge >= 0.3 is 11.9 Å². The lowest BCUT2D eigenvalue weighted by atomic mass is 10.0. The molecule has 4 atom stereocenters. The zero-order valence-electron chi connectivity index (χ0n) is 11.6. The molecule has 20 heavy (non-hydrogen) atoms. The second-order valence-electron chi connectivity index (χ2n) is 4.15. The highest BCUT2D eigenvalue weighted by Gasteiger charge is 2.35. The third kappa shape index (κ3) is 6.29. The largest absolute Gasteiger partial charge is 0.463 e. The summed E-state index contributed by atoms with van der Waals surface area (Å²) in [6, 6.07) is 0. The van der Waals surface area contributed by atoms with E-state index in [-0.39, 0.29) is 12.8 Å². The van der Waals surface area contributed by atoms with Crippen LogP contribution in [0, 0.1) is 0 Å². The van der Waals surface area contributed by atoms with Crippen LogP contribution in [0.1, 0.15) is 26.7 Å². The highest BCUT2D eigenvalue weighted by molar-refractivity contribution is 5.69. The number of carbonyl (C=O) groups is 2. The van der Waals surface area contributed by atoms with Crippen molar-refractivity contribution in [2.75, 3.05) is 13.2 Å². The van der Waals surface area contributed by atoms with Gasteiger partial charge in [0, 0.05) is 12.8 Å². The Hall–Kier alpha value is -1.22. The summed E-state index contributed by atoms with van der Waals surface area (Å²) in [6.45, 7) is 1.80. The maximum Gasteiger partial charge on any atom is 0.305 e. The average molecular weight is 294 g/mol. The van der Waals surface area contributed by atoms with Crippen LogP contribution in [0.3, 0.4) is 0 Å². The highest BCUT2D eigenvalue weighted by Crippen LogP contribution is 2.12. The summed E-state index contributed by atoms with van der Waals surface area (Å²) in [5.41, 5.74) is 0. The number of aliphatic hydroxyl groups excluding tert-OH is 4. The summed E-state index contributed by atoms with van der Waals surface area (Å²) in [6.07, 6.45) is -6.22. The molecule has 0 unspecified atom stereocenters. The van der Waals surface area contributed by atoms with Gasteiger partial charge in [-0.1, -0.05) is 13.8 Å². The van der Waals surface area contributed by atoms with E-state index in [4.69, 9.17) is 9.84 Å². The molecule has 0 heterocycles. The zero-order valence-corrected chi connectivity index (χ0v) is 11.6. The van der Waals surface area contributed by atoms with Gasteiger partial charge < -0.3 is 29.9 Å². The van der Waals surface area contributed by atoms with E-state index in [0.29, 0.717) is 0 Å². The first-order valence-electron chi connectivity index (χ1n) is 6.37. The Morgan fingerprint density at radius 2 is 1.55 bits per heavy atom. The number of carbonyl (C=O) groups excluding carboxylic acids is 2. The van der Waals surface area contributed by atoms with E-state index in [1.54, 1.807) is 6.92 Å². The summed E-state index contributed by atoms with van der Waals surface area (Å²) in [7, 11) is 0. The molecule has 0 aliphatic rings. The van der Waals surface area contributed by atoms with Crippen LogP contribution in [-0.2, 0) is 19.1 Å². The molecule has 0 saturated heterocycles. The minimum absolute atomic E-state index is 0.0000913. The second kappa shape index (κ2) is 9.65. The van der Waals surface area contributed by atoms with Crippen LogP contribution in [0.5, 0.6) is 0 Å². The van der Waals surface area contributed by atoms with Crippen molar-refractivity contribution >= 4 is 11.9 Å². The van der Waals surface area contributed by atoms with E-state index in [9.17, 15) is 24.9 Å². The van der Waals surface area contributed by atoms with Gasteiger partial charge in [-0.15, -0.1) is 0 Å². The predicted octanol–water partition coefficient (Wildman–Crippen LogP) is -1.66. The fraction of sp³-hybridized carbons (Fsp3) is 0.833. The standard InChI is InChI=1S/C12H22O8/c1-3-9(16)19-6-8(15)12(20-10(17)4-2)11(18)7(14)5-13/h7-8,11-15,18H,3-6H2,1-2H3/t7-,8+,11+,12+/m1/s1. The minimum Gasteiger partial charge on any atom is -0.463 e. The van der Waals surface area contributed by atoms with Gasteiger partial charge in [-0.2, -0.15) is 0 Å². The van der Waals surface area contributed by atoms with Gasteiger partial charge in [0.25, 0.3) is 0 Å². The summed E-state index contributed by atoms with van der Waals surface area (Å²) in [5.74, 6) is -1.28. The van der Waals surface area contributed by atoms with Crippen LogP contribution in [0.15, 0.2) is 0 Å². The van der Waals surface area contributed by atoms with Gasteiger partial charge in [0.2, 0.25) is 0 Å². The van der Waals surface area contributed by atoms with Crippen molar-refractivity contribution in [3.63, 3.8) is 0 Å². The van der Waals surface area contributed by atoms with Crippen molar-refractivity contribution in [3.8, 4) is 0 Å². The maximum atomic E-state index is 11.2. The van der Waals surface area contributed by atoms with Crippen molar-refractivity contribution in [2.45, 2.75) is 51.1 Å². The number of esters is 2. The minimum atomic E-state index is -1.70. The SMILES string of the molecule is CCC(=O)OC[C@H](O)[C@H](OC(=O)CC)[C@@H](O)[C@H](O)CO. The smallest absolute Gasteiger partial charge is 0.305 e. The molecule has 0 aromatic rings. The monoisotopic (exact) mass is 294 g/mol. The normalized spacial score (nSPS) is 16.9. The average Bonchev–Trinajstić information content (AvgIpc) is 2.47. The lowest BCUT2D eigenvalue weighted by Crippen LogP contribution is -2.49. The first-order chi connectivity index (χ1) is 9.37. The summed E-state index contributed by atoms with van der Waals surface area (Å²) in [4.78, 5) is 22.2. The van der Waals surface area contributed by atoms with Crippen LogP contribution in [0.25, 0.3) is 0 Å². The van der Waals surface area contributed by atoms with E-state index in [1.807, 2.05) is 0 Å². The molecule has 0 bridgehead atoms. The molecule has 0 aromatic carbocycles. The summed E-state index contributed by atoms with van der Waals surface area (Å²) in [5, 5.41) is 37.6. The Balaban J connectivity index is 4.72. The van der Waals surface area contributed by atoms with Crippen LogP contribution >= 0.6 is 0 Å². The third-order valence-electron chi connectivity index (χ3n) is 2.56. The zero-order chi connectivity index (χ0) is 15.7.